The summed E-state index contributed by atoms with van der Waals surface area (Å²) >= 11 is 3.26. The molecule has 2 rings (SSSR count). The zero-order valence-electron chi connectivity index (χ0n) is 9.35. The molecule has 0 bridgehead atoms. The van der Waals surface area contributed by atoms with E-state index in [4.69, 9.17) is 0 Å². The number of hydrazone groups is 1. The van der Waals surface area contributed by atoms with Crippen LogP contribution in [-0.2, 0) is 10.0 Å². The molecule has 0 amide bonds. The highest BCUT2D eigenvalue weighted by Crippen LogP contribution is 2.30. The molecule has 0 heterocycles. The number of hydrogen-bond acceptors (Lipinski definition) is 3. The smallest absolute Gasteiger partial charge is 0.200 e. The van der Waals surface area contributed by atoms with E-state index in [1.54, 1.807) is 12.1 Å². The van der Waals surface area contributed by atoms with Crippen molar-refractivity contribution >= 4 is 31.7 Å². The standard InChI is InChI=1S/C11H13BrN2O2S/c1-8(9-2-3-9)13-14-17(15,16)11-6-4-10(12)5-7-11/h4-7,9,14H,2-3H2,1H3/b13-8-. The molecule has 92 valence electrons. The first kappa shape index (κ1) is 12.6. The second-order valence-electron chi connectivity index (χ2n) is 4.08. The zero-order valence-corrected chi connectivity index (χ0v) is 11.8. The minimum atomic E-state index is -3.54. The van der Waals surface area contributed by atoms with Crippen molar-refractivity contribution in [2.75, 3.05) is 0 Å². The minimum absolute atomic E-state index is 0.216. The van der Waals surface area contributed by atoms with E-state index in [0.29, 0.717) is 5.92 Å². The van der Waals surface area contributed by atoms with Gasteiger partial charge in [0.15, 0.2) is 0 Å². The van der Waals surface area contributed by atoms with Crippen LogP contribution in [0.1, 0.15) is 19.8 Å². The molecule has 1 aliphatic rings. The van der Waals surface area contributed by atoms with Crippen LogP contribution in [0.4, 0.5) is 0 Å². The van der Waals surface area contributed by atoms with Crippen molar-refractivity contribution in [3.05, 3.63) is 28.7 Å². The van der Waals surface area contributed by atoms with Crippen molar-refractivity contribution in [1.82, 2.24) is 4.83 Å². The topological polar surface area (TPSA) is 58.5 Å². The van der Waals surface area contributed by atoms with Crippen molar-refractivity contribution < 1.29 is 8.42 Å². The molecule has 1 N–H and O–H groups in total. The third-order valence-electron chi connectivity index (χ3n) is 2.63. The average molecular weight is 317 g/mol. The summed E-state index contributed by atoms with van der Waals surface area (Å²) in [6.07, 6.45) is 2.21. The van der Waals surface area contributed by atoms with E-state index >= 15 is 0 Å². The molecule has 0 radical (unpaired) electrons. The van der Waals surface area contributed by atoms with Gasteiger partial charge in [-0.2, -0.15) is 13.5 Å². The molecule has 0 aromatic heterocycles. The van der Waals surface area contributed by atoms with Crippen LogP contribution in [0.15, 0.2) is 38.7 Å². The number of nitrogens with zero attached hydrogens (tertiary/aromatic N) is 1. The minimum Gasteiger partial charge on any atom is -0.200 e. The Balaban J connectivity index is 2.13. The van der Waals surface area contributed by atoms with E-state index in [-0.39, 0.29) is 4.90 Å². The summed E-state index contributed by atoms with van der Waals surface area (Å²) < 4.78 is 24.6. The summed E-state index contributed by atoms with van der Waals surface area (Å²) in [5.41, 5.74) is 0.852. The highest BCUT2D eigenvalue weighted by atomic mass is 79.9. The van der Waals surface area contributed by atoms with Crippen molar-refractivity contribution in [2.24, 2.45) is 11.0 Å². The molecule has 4 nitrogen and oxygen atoms in total. The van der Waals surface area contributed by atoms with Crippen molar-refractivity contribution in [3.8, 4) is 0 Å². The first-order valence-corrected chi connectivity index (χ1v) is 7.58. The van der Waals surface area contributed by atoms with Gasteiger partial charge in [0.2, 0.25) is 0 Å². The highest BCUT2D eigenvalue weighted by Gasteiger charge is 2.25. The second kappa shape index (κ2) is 4.78. The molecule has 6 heteroatoms. The number of rotatable bonds is 4. The molecule has 0 unspecified atom stereocenters. The third kappa shape index (κ3) is 3.29. The van der Waals surface area contributed by atoms with Gasteiger partial charge in [-0.25, -0.2) is 4.83 Å². The van der Waals surface area contributed by atoms with Crippen molar-refractivity contribution in [3.63, 3.8) is 0 Å². The van der Waals surface area contributed by atoms with Gasteiger partial charge in [-0.3, -0.25) is 0 Å². The quantitative estimate of drug-likeness (QED) is 0.685. The Morgan fingerprint density at radius 1 is 1.35 bits per heavy atom. The largest absolute Gasteiger partial charge is 0.276 e. The van der Waals surface area contributed by atoms with E-state index in [9.17, 15) is 8.42 Å². The maximum atomic E-state index is 11.9. The third-order valence-corrected chi connectivity index (χ3v) is 4.39. The Labute approximate surface area is 109 Å². The molecule has 0 atom stereocenters. The normalized spacial score (nSPS) is 16.9. The fraction of sp³-hybridized carbons (Fsp3) is 0.364. The molecule has 1 aromatic carbocycles. The first-order chi connectivity index (χ1) is 7.99. The van der Waals surface area contributed by atoms with E-state index < -0.39 is 10.0 Å². The maximum absolute atomic E-state index is 11.9. The van der Waals surface area contributed by atoms with Gasteiger partial charge in [-0.1, -0.05) is 15.9 Å². The van der Waals surface area contributed by atoms with Crippen LogP contribution in [-0.4, -0.2) is 14.1 Å². The first-order valence-electron chi connectivity index (χ1n) is 5.30. The van der Waals surface area contributed by atoms with E-state index in [1.165, 1.54) is 12.1 Å². The van der Waals surface area contributed by atoms with Gasteiger partial charge < -0.3 is 0 Å². The number of hydrogen-bond donors (Lipinski definition) is 1. The molecule has 1 saturated carbocycles. The second-order valence-corrected chi connectivity index (χ2v) is 6.65. The van der Waals surface area contributed by atoms with Gasteiger partial charge in [-0.15, -0.1) is 0 Å². The van der Waals surface area contributed by atoms with Crippen molar-refractivity contribution in [1.29, 1.82) is 0 Å². The van der Waals surface area contributed by atoms with Gasteiger partial charge in [0.1, 0.15) is 0 Å². The SMILES string of the molecule is C/C(=N/NS(=O)(=O)c1ccc(Br)cc1)C1CC1. The molecule has 1 fully saturated rings. The molecule has 1 aliphatic carbocycles. The maximum Gasteiger partial charge on any atom is 0.276 e. The summed E-state index contributed by atoms with van der Waals surface area (Å²) in [7, 11) is -3.54. The average Bonchev–Trinajstić information content (AvgIpc) is 3.10. The van der Waals surface area contributed by atoms with Gasteiger partial charge in [0.25, 0.3) is 10.0 Å². The Hall–Kier alpha value is -0.880. The summed E-state index contributed by atoms with van der Waals surface area (Å²) in [6, 6.07) is 6.45. The van der Waals surface area contributed by atoms with E-state index in [2.05, 4.69) is 25.9 Å². The summed E-state index contributed by atoms with van der Waals surface area (Å²) in [5.74, 6) is 0.461. The van der Waals surface area contributed by atoms with Crippen LogP contribution in [0.5, 0.6) is 0 Å². The fourth-order valence-corrected chi connectivity index (χ4v) is 2.52. The van der Waals surface area contributed by atoms with Crippen LogP contribution < -0.4 is 4.83 Å². The summed E-state index contributed by atoms with van der Waals surface area (Å²) in [5, 5.41) is 3.92. The lowest BCUT2D eigenvalue weighted by Gasteiger charge is -2.04. The lowest BCUT2D eigenvalue weighted by Crippen LogP contribution is -2.20. The lowest BCUT2D eigenvalue weighted by molar-refractivity contribution is 0.584. The van der Waals surface area contributed by atoms with Crippen LogP contribution >= 0.6 is 15.9 Å². The summed E-state index contributed by atoms with van der Waals surface area (Å²) in [4.78, 5) is 2.48. The molecule has 1 aromatic rings. The van der Waals surface area contributed by atoms with Crippen molar-refractivity contribution in [2.45, 2.75) is 24.7 Å². The van der Waals surface area contributed by atoms with Crippen LogP contribution in [0, 0.1) is 5.92 Å². The molecular weight excluding hydrogens is 304 g/mol. The van der Waals surface area contributed by atoms with Gasteiger partial charge in [-0.05, 0) is 49.9 Å². The fourth-order valence-electron chi connectivity index (χ4n) is 1.39. The highest BCUT2D eigenvalue weighted by molar-refractivity contribution is 9.10. The van der Waals surface area contributed by atoms with Gasteiger partial charge >= 0.3 is 0 Å². The van der Waals surface area contributed by atoms with Crippen LogP contribution in [0.3, 0.4) is 0 Å². The summed E-state index contributed by atoms with van der Waals surface area (Å²) in [6.45, 7) is 1.85. The molecule has 0 spiro atoms. The number of halogens is 1. The predicted octanol–water partition coefficient (Wildman–Crippen LogP) is 2.51. The predicted molar refractivity (Wildman–Crippen MR) is 70.3 cm³/mol. The Morgan fingerprint density at radius 3 is 2.47 bits per heavy atom. The van der Waals surface area contributed by atoms with E-state index in [0.717, 1.165) is 23.0 Å². The zero-order chi connectivity index (χ0) is 12.5. The molecular formula is C11H13BrN2O2S. The van der Waals surface area contributed by atoms with Crippen LogP contribution in [0.2, 0.25) is 0 Å². The molecule has 0 aliphatic heterocycles. The number of sulfonamides is 1. The van der Waals surface area contributed by atoms with Gasteiger partial charge in [0.05, 0.1) is 4.90 Å². The van der Waals surface area contributed by atoms with Crippen LogP contribution in [0.25, 0.3) is 0 Å². The Bertz CT molecular complexity index is 533. The Kier molecular flexibility index (Phi) is 3.53. The Morgan fingerprint density at radius 2 is 1.94 bits per heavy atom. The van der Waals surface area contributed by atoms with Gasteiger partial charge in [0, 0.05) is 10.2 Å². The monoisotopic (exact) mass is 316 g/mol. The molecule has 0 saturated heterocycles. The number of nitrogens with one attached hydrogen (secondary N) is 1. The molecule has 17 heavy (non-hydrogen) atoms. The lowest BCUT2D eigenvalue weighted by atomic mass is 10.3. The number of benzene rings is 1. The van der Waals surface area contributed by atoms with E-state index in [1.807, 2.05) is 6.92 Å².